The van der Waals surface area contributed by atoms with Crippen LogP contribution in [0.4, 0.5) is 0 Å². The van der Waals surface area contributed by atoms with E-state index >= 15 is 0 Å². The molecular formula is C27H46O13. The minimum atomic E-state index is -1.57. The molecule has 232 valence electrons. The first kappa shape index (κ1) is 32.0. The van der Waals surface area contributed by atoms with Gasteiger partial charge in [0.2, 0.25) is 0 Å². The van der Waals surface area contributed by atoms with Crippen molar-refractivity contribution in [1.29, 1.82) is 0 Å². The summed E-state index contributed by atoms with van der Waals surface area (Å²) >= 11 is 0. The van der Waals surface area contributed by atoms with Gasteiger partial charge in [-0.25, -0.2) is 4.79 Å². The standard InChI is InChI=1S/C27H46O13/c1-13-19(29)21(31)22(32)26(36-13)38-15-9-5-6-10-16(15)39-27-23(33)24(20(30)18(12-28)40-27)37-17(25(34)35)11-14-7-3-2-4-8-14/h13-24,26-33H,2-12H2,1H3,(H,34,35)/t13-,15?,16?,17+,18+,19+,20-,21+,22-,23+,24-,26-,27+/m0/s1. The molecule has 0 aromatic rings. The Morgan fingerprint density at radius 2 is 1.35 bits per heavy atom. The molecule has 2 aliphatic heterocycles. The van der Waals surface area contributed by atoms with Crippen molar-refractivity contribution >= 4 is 5.97 Å². The molecule has 2 saturated heterocycles. The number of hydrogen-bond donors (Lipinski definition) is 7. The number of hydrogen-bond acceptors (Lipinski definition) is 12. The van der Waals surface area contributed by atoms with Gasteiger partial charge in [-0.05, 0) is 32.1 Å². The van der Waals surface area contributed by atoms with E-state index in [1.54, 1.807) is 6.92 Å². The van der Waals surface area contributed by atoms with Gasteiger partial charge < -0.3 is 59.4 Å². The maximum Gasteiger partial charge on any atom is 0.332 e. The average Bonchev–Trinajstić information content (AvgIpc) is 2.95. The summed E-state index contributed by atoms with van der Waals surface area (Å²) in [5.41, 5.74) is 0. The van der Waals surface area contributed by atoms with Crippen molar-refractivity contribution in [2.45, 2.75) is 151 Å². The number of aliphatic carboxylic acids is 1. The fourth-order valence-electron chi connectivity index (χ4n) is 6.30. The molecule has 2 aliphatic carbocycles. The van der Waals surface area contributed by atoms with Crippen LogP contribution in [0.25, 0.3) is 0 Å². The molecule has 40 heavy (non-hydrogen) atoms. The number of aliphatic hydroxyl groups excluding tert-OH is 6. The number of carboxylic acid groups (broad SMARTS) is 1. The molecule has 2 heterocycles. The Bertz CT molecular complexity index is 794. The van der Waals surface area contributed by atoms with Crippen molar-refractivity contribution in [1.82, 2.24) is 0 Å². The zero-order chi connectivity index (χ0) is 29.0. The lowest BCUT2D eigenvalue weighted by atomic mass is 9.85. The van der Waals surface area contributed by atoms with Crippen molar-refractivity contribution in [2.24, 2.45) is 5.92 Å². The van der Waals surface area contributed by atoms with Crippen LogP contribution < -0.4 is 0 Å². The predicted molar refractivity (Wildman–Crippen MR) is 136 cm³/mol. The number of carboxylic acids is 1. The molecule has 4 rings (SSSR count). The smallest absolute Gasteiger partial charge is 0.332 e. The Morgan fingerprint density at radius 1 is 0.775 bits per heavy atom. The maximum atomic E-state index is 12.1. The summed E-state index contributed by atoms with van der Waals surface area (Å²) in [5.74, 6) is -1.02. The first-order chi connectivity index (χ1) is 19.1. The van der Waals surface area contributed by atoms with E-state index in [1.807, 2.05) is 0 Å². The Balaban J connectivity index is 1.43. The van der Waals surface area contributed by atoms with Gasteiger partial charge in [-0.3, -0.25) is 0 Å². The molecule has 0 spiro atoms. The van der Waals surface area contributed by atoms with Gasteiger partial charge in [0.15, 0.2) is 18.7 Å². The van der Waals surface area contributed by atoms with Crippen molar-refractivity contribution in [2.75, 3.05) is 6.61 Å². The molecule has 0 amide bonds. The highest BCUT2D eigenvalue weighted by Crippen LogP contribution is 2.34. The topological polar surface area (TPSA) is 205 Å². The summed E-state index contributed by atoms with van der Waals surface area (Å²) in [7, 11) is 0. The third kappa shape index (κ3) is 7.51. The van der Waals surface area contributed by atoms with Gasteiger partial charge in [0, 0.05) is 0 Å². The summed E-state index contributed by atoms with van der Waals surface area (Å²) in [6.07, 6.45) is -8.00. The van der Waals surface area contributed by atoms with Crippen LogP contribution >= 0.6 is 0 Å². The van der Waals surface area contributed by atoms with Gasteiger partial charge in [0.05, 0.1) is 24.9 Å². The second kappa shape index (κ2) is 14.5. The summed E-state index contributed by atoms with van der Waals surface area (Å²) in [4.78, 5) is 12.1. The first-order valence-electron chi connectivity index (χ1n) is 14.6. The number of ether oxygens (including phenoxy) is 5. The first-order valence-corrected chi connectivity index (χ1v) is 14.6. The van der Waals surface area contributed by atoms with Crippen molar-refractivity contribution in [3.63, 3.8) is 0 Å². The summed E-state index contributed by atoms with van der Waals surface area (Å²) in [5, 5.41) is 72.2. The Morgan fingerprint density at radius 3 is 1.93 bits per heavy atom. The van der Waals surface area contributed by atoms with E-state index in [9.17, 15) is 40.5 Å². The lowest BCUT2D eigenvalue weighted by molar-refractivity contribution is -0.345. The van der Waals surface area contributed by atoms with Gasteiger partial charge in [-0.2, -0.15) is 0 Å². The molecule has 0 radical (unpaired) electrons. The maximum absolute atomic E-state index is 12.1. The molecule has 13 heteroatoms. The van der Waals surface area contributed by atoms with E-state index in [1.165, 1.54) is 0 Å². The molecule has 13 atom stereocenters. The van der Waals surface area contributed by atoms with Crippen LogP contribution in [-0.2, 0) is 28.5 Å². The van der Waals surface area contributed by atoms with Gasteiger partial charge >= 0.3 is 5.97 Å². The van der Waals surface area contributed by atoms with Crippen LogP contribution in [-0.4, -0.2) is 128 Å². The highest BCUT2D eigenvalue weighted by atomic mass is 16.7. The lowest BCUT2D eigenvalue weighted by Crippen LogP contribution is -2.62. The molecule has 0 aromatic heterocycles. The lowest BCUT2D eigenvalue weighted by Gasteiger charge is -2.46. The zero-order valence-electron chi connectivity index (χ0n) is 22.9. The van der Waals surface area contributed by atoms with E-state index in [2.05, 4.69) is 0 Å². The van der Waals surface area contributed by atoms with Gasteiger partial charge in [-0.1, -0.05) is 44.9 Å². The van der Waals surface area contributed by atoms with E-state index in [0.717, 1.165) is 44.9 Å². The molecule has 7 N–H and O–H groups in total. The van der Waals surface area contributed by atoms with Crippen molar-refractivity contribution < 1.29 is 64.2 Å². The molecule has 0 bridgehead atoms. The van der Waals surface area contributed by atoms with Crippen LogP contribution in [0, 0.1) is 5.92 Å². The minimum absolute atomic E-state index is 0.171. The molecule has 2 saturated carbocycles. The fourth-order valence-corrected chi connectivity index (χ4v) is 6.30. The highest BCUT2D eigenvalue weighted by molar-refractivity contribution is 5.72. The fraction of sp³-hybridized carbons (Fsp3) is 0.963. The Hall–Kier alpha value is -0.970. The zero-order valence-corrected chi connectivity index (χ0v) is 22.9. The second-order valence-corrected chi connectivity index (χ2v) is 11.7. The molecule has 13 nitrogen and oxygen atoms in total. The van der Waals surface area contributed by atoms with Gasteiger partial charge in [-0.15, -0.1) is 0 Å². The monoisotopic (exact) mass is 578 g/mol. The van der Waals surface area contributed by atoms with E-state index < -0.39 is 92.3 Å². The summed E-state index contributed by atoms with van der Waals surface area (Å²) in [6.45, 7) is 0.940. The van der Waals surface area contributed by atoms with E-state index in [4.69, 9.17) is 23.7 Å². The highest BCUT2D eigenvalue weighted by Gasteiger charge is 2.50. The van der Waals surface area contributed by atoms with E-state index in [-0.39, 0.29) is 12.3 Å². The second-order valence-electron chi connectivity index (χ2n) is 11.7. The molecule has 2 unspecified atom stereocenters. The summed E-state index contributed by atoms with van der Waals surface area (Å²) in [6, 6.07) is 0. The molecule has 4 fully saturated rings. The van der Waals surface area contributed by atoms with Crippen LogP contribution in [0.3, 0.4) is 0 Å². The SMILES string of the molecule is C[C@@H]1O[C@@H](OC2CCCCC2O[C@@H]2O[C@H](CO)[C@H](O)[C@H](O[C@H](CC3CCCCC3)C(=O)O)[C@H]2O)[C@@H](O)[C@H](O)[C@@H]1O. The van der Waals surface area contributed by atoms with Crippen molar-refractivity contribution in [3.8, 4) is 0 Å². The Labute approximate surface area is 233 Å². The van der Waals surface area contributed by atoms with Crippen LogP contribution in [0.5, 0.6) is 0 Å². The van der Waals surface area contributed by atoms with Crippen LogP contribution in [0.2, 0.25) is 0 Å². The number of carbonyl (C=O) groups is 1. The average molecular weight is 579 g/mol. The van der Waals surface area contributed by atoms with Crippen LogP contribution in [0.15, 0.2) is 0 Å². The molecule has 4 aliphatic rings. The minimum Gasteiger partial charge on any atom is -0.479 e. The number of aliphatic hydroxyl groups is 6. The normalized spacial score (nSPS) is 44.3. The van der Waals surface area contributed by atoms with Crippen LogP contribution in [0.1, 0.15) is 71.1 Å². The third-order valence-electron chi connectivity index (χ3n) is 8.76. The predicted octanol–water partition coefficient (Wildman–Crippen LogP) is -0.594. The third-order valence-corrected chi connectivity index (χ3v) is 8.76. The molecule has 0 aromatic carbocycles. The quantitative estimate of drug-likeness (QED) is 0.173. The largest absolute Gasteiger partial charge is 0.479 e. The Kier molecular flexibility index (Phi) is 11.6. The molecular weight excluding hydrogens is 532 g/mol. The van der Waals surface area contributed by atoms with Gasteiger partial charge in [0.1, 0.15) is 42.7 Å². The summed E-state index contributed by atoms with van der Waals surface area (Å²) < 4.78 is 29.2. The van der Waals surface area contributed by atoms with Gasteiger partial charge in [0.25, 0.3) is 0 Å². The number of rotatable bonds is 10. The van der Waals surface area contributed by atoms with Crippen molar-refractivity contribution in [3.05, 3.63) is 0 Å². The van der Waals surface area contributed by atoms with E-state index in [0.29, 0.717) is 12.8 Å².